The van der Waals surface area contributed by atoms with E-state index < -0.39 is 14.5 Å². The summed E-state index contributed by atoms with van der Waals surface area (Å²) in [6.45, 7) is 7.05. The number of hydrogen-bond acceptors (Lipinski definition) is 4. The Morgan fingerprint density at radius 3 is 2.67 bits per heavy atom. The summed E-state index contributed by atoms with van der Waals surface area (Å²) in [5.41, 5.74) is 0. The highest BCUT2D eigenvalue weighted by molar-refractivity contribution is 6.69. The zero-order valence-corrected chi connectivity index (χ0v) is 8.62. The molecule has 1 aliphatic heterocycles. The topological polar surface area (TPSA) is 44.8 Å². The highest BCUT2D eigenvalue weighted by Crippen LogP contribution is 2.10. The Hall–Kier alpha value is -0.553. The number of carbonyl (C=O) groups is 1. The van der Waals surface area contributed by atoms with Gasteiger partial charge in [-0.15, -0.1) is 0 Å². The molecular formula is C7H14O4Si. The molecule has 1 heterocycles. The van der Waals surface area contributed by atoms with Crippen LogP contribution in [0.5, 0.6) is 0 Å². The number of rotatable bonds is 3. The fourth-order valence-electron chi connectivity index (χ4n) is 0.790. The summed E-state index contributed by atoms with van der Waals surface area (Å²) in [7, 11) is -1.49. The van der Waals surface area contributed by atoms with Gasteiger partial charge in [-0.05, 0) is 19.6 Å². The third-order valence-corrected chi connectivity index (χ3v) is 2.38. The van der Waals surface area contributed by atoms with Crippen molar-refractivity contribution in [2.45, 2.75) is 25.7 Å². The largest absolute Gasteiger partial charge is 0.508 e. The molecule has 0 spiro atoms. The molecule has 70 valence electrons. The first kappa shape index (κ1) is 9.53. The maximum absolute atomic E-state index is 10.5. The third-order valence-electron chi connectivity index (χ3n) is 1.35. The Kier molecular flexibility index (Phi) is 2.74. The van der Waals surface area contributed by atoms with Gasteiger partial charge in [-0.2, -0.15) is 0 Å². The molecular weight excluding hydrogens is 176 g/mol. The van der Waals surface area contributed by atoms with Crippen LogP contribution >= 0.6 is 0 Å². The molecule has 0 aromatic rings. The minimum Gasteiger partial charge on any atom is -0.430 e. The molecule has 0 radical (unpaired) electrons. The van der Waals surface area contributed by atoms with E-state index in [1.54, 1.807) is 0 Å². The van der Waals surface area contributed by atoms with Crippen LogP contribution in [0.3, 0.4) is 0 Å². The summed E-state index contributed by atoms with van der Waals surface area (Å²) in [5.74, 6) is 0. The maximum Gasteiger partial charge on any atom is 0.508 e. The standard InChI is InChI=1S/C7H14O4Si/c1-12(2,3)10-5-6-4-9-7(8)11-6/h6H,4-5H2,1-3H3/t6-/m0/s1. The van der Waals surface area contributed by atoms with Crippen molar-refractivity contribution in [3.8, 4) is 0 Å². The van der Waals surface area contributed by atoms with Gasteiger partial charge < -0.3 is 13.9 Å². The van der Waals surface area contributed by atoms with Crippen LogP contribution in [0.4, 0.5) is 4.79 Å². The fraction of sp³-hybridized carbons (Fsp3) is 0.857. The zero-order chi connectivity index (χ0) is 9.19. The van der Waals surface area contributed by atoms with Gasteiger partial charge in [0.25, 0.3) is 0 Å². The molecule has 0 N–H and O–H groups in total. The van der Waals surface area contributed by atoms with Crippen molar-refractivity contribution >= 4 is 14.5 Å². The monoisotopic (exact) mass is 190 g/mol. The van der Waals surface area contributed by atoms with Gasteiger partial charge in [0.15, 0.2) is 14.4 Å². The Labute approximate surface area is 72.9 Å². The van der Waals surface area contributed by atoms with E-state index in [1.165, 1.54) is 0 Å². The van der Waals surface area contributed by atoms with Crippen LogP contribution in [0.1, 0.15) is 0 Å². The Morgan fingerprint density at radius 1 is 1.58 bits per heavy atom. The minimum atomic E-state index is -1.49. The van der Waals surface area contributed by atoms with Gasteiger partial charge in [0, 0.05) is 0 Å². The maximum atomic E-state index is 10.5. The molecule has 12 heavy (non-hydrogen) atoms. The van der Waals surface area contributed by atoms with Gasteiger partial charge in [-0.3, -0.25) is 0 Å². The molecule has 0 aromatic carbocycles. The summed E-state index contributed by atoms with van der Waals surface area (Å²) < 4.78 is 14.9. The molecule has 0 bridgehead atoms. The Morgan fingerprint density at radius 2 is 2.25 bits per heavy atom. The van der Waals surface area contributed by atoms with Crippen LogP contribution in [0, 0.1) is 0 Å². The number of cyclic esters (lactones) is 2. The van der Waals surface area contributed by atoms with Crippen molar-refractivity contribution in [1.29, 1.82) is 0 Å². The lowest BCUT2D eigenvalue weighted by Crippen LogP contribution is -2.31. The fourth-order valence-corrected chi connectivity index (χ4v) is 1.48. The lowest BCUT2D eigenvalue weighted by molar-refractivity contribution is 0.0965. The van der Waals surface area contributed by atoms with Gasteiger partial charge in [-0.1, -0.05) is 0 Å². The molecule has 0 aliphatic carbocycles. The first-order valence-corrected chi connectivity index (χ1v) is 7.35. The first-order chi connectivity index (χ1) is 5.47. The summed E-state index contributed by atoms with van der Waals surface area (Å²) in [4.78, 5) is 10.5. The van der Waals surface area contributed by atoms with E-state index in [2.05, 4.69) is 24.4 Å². The van der Waals surface area contributed by atoms with Crippen LogP contribution in [0.2, 0.25) is 19.6 Å². The van der Waals surface area contributed by atoms with E-state index in [9.17, 15) is 4.79 Å². The van der Waals surface area contributed by atoms with Gasteiger partial charge in [0.05, 0.1) is 6.61 Å². The first-order valence-electron chi connectivity index (χ1n) is 3.95. The van der Waals surface area contributed by atoms with Crippen molar-refractivity contribution in [3.63, 3.8) is 0 Å². The van der Waals surface area contributed by atoms with Crippen molar-refractivity contribution in [3.05, 3.63) is 0 Å². The molecule has 1 saturated heterocycles. The Balaban J connectivity index is 2.20. The molecule has 4 nitrogen and oxygen atoms in total. The van der Waals surface area contributed by atoms with E-state index in [1.807, 2.05) is 0 Å². The number of ether oxygens (including phenoxy) is 2. The van der Waals surface area contributed by atoms with Crippen molar-refractivity contribution in [1.82, 2.24) is 0 Å². The molecule has 1 rings (SSSR count). The lowest BCUT2D eigenvalue weighted by atomic mass is 10.4. The summed E-state index contributed by atoms with van der Waals surface area (Å²) in [5, 5.41) is 0. The SMILES string of the molecule is C[Si](C)(C)OC[C@@H]1COC(=O)O1. The molecule has 1 aliphatic rings. The van der Waals surface area contributed by atoms with Gasteiger partial charge in [-0.25, -0.2) is 4.79 Å². The number of carbonyl (C=O) groups excluding carboxylic acids is 1. The average Bonchev–Trinajstić information content (AvgIpc) is 2.30. The minimum absolute atomic E-state index is 0.204. The molecule has 1 atom stereocenters. The lowest BCUT2D eigenvalue weighted by Gasteiger charge is -2.18. The van der Waals surface area contributed by atoms with Crippen molar-refractivity contribution in [2.75, 3.05) is 13.2 Å². The second-order valence-electron chi connectivity index (χ2n) is 3.72. The second kappa shape index (κ2) is 3.45. The molecule has 5 heteroatoms. The van der Waals surface area contributed by atoms with E-state index >= 15 is 0 Å². The van der Waals surface area contributed by atoms with Crippen LogP contribution < -0.4 is 0 Å². The quantitative estimate of drug-likeness (QED) is 0.498. The third kappa shape index (κ3) is 3.23. The summed E-state index contributed by atoms with van der Waals surface area (Å²) in [6, 6.07) is 0. The van der Waals surface area contributed by atoms with Crippen molar-refractivity contribution in [2.24, 2.45) is 0 Å². The van der Waals surface area contributed by atoms with E-state index in [4.69, 9.17) is 9.16 Å². The number of hydrogen-bond donors (Lipinski definition) is 0. The normalized spacial score (nSPS) is 23.6. The predicted octanol–water partition coefficient (Wildman–Crippen LogP) is 1.37. The van der Waals surface area contributed by atoms with Crippen LogP contribution in [0.15, 0.2) is 0 Å². The molecule has 0 unspecified atom stereocenters. The zero-order valence-electron chi connectivity index (χ0n) is 7.62. The van der Waals surface area contributed by atoms with Gasteiger partial charge in [0.1, 0.15) is 6.61 Å². The average molecular weight is 190 g/mol. The predicted molar refractivity (Wildman–Crippen MR) is 45.5 cm³/mol. The smallest absolute Gasteiger partial charge is 0.430 e. The van der Waals surface area contributed by atoms with Crippen molar-refractivity contribution < 1.29 is 18.7 Å². The van der Waals surface area contributed by atoms with E-state index in [0.29, 0.717) is 13.2 Å². The van der Waals surface area contributed by atoms with Gasteiger partial charge in [0.2, 0.25) is 0 Å². The highest BCUT2D eigenvalue weighted by atomic mass is 28.4. The van der Waals surface area contributed by atoms with Crippen LogP contribution in [-0.4, -0.2) is 33.8 Å². The summed E-state index contributed by atoms with van der Waals surface area (Å²) >= 11 is 0. The van der Waals surface area contributed by atoms with Crippen LogP contribution in [0.25, 0.3) is 0 Å². The van der Waals surface area contributed by atoms with Gasteiger partial charge >= 0.3 is 6.16 Å². The molecule has 1 fully saturated rings. The van der Waals surface area contributed by atoms with E-state index in [-0.39, 0.29) is 6.10 Å². The molecule has 0 saturated carbocycles. The Bertz CT molecular complexity index is 175. The summed E-state index contributed by atoms with van der Waals surface area (Å²) in [6.07, 6.45) is -0.789. The van der Waals surface area contributed by atoms with E-state index in [0.717, 1.165) is 0 Å². The molecule has 0 aromatic heterocycles. The van der Waals surface area contributed by atoms with Crippen LogP contribution in [-0.2, 0) is 13.9 Å². The molecule has 0 amide bonds. The second-order valence-corrected chi connectivity index (χ2v) is 8.24. The highest BCUT2D eigenvalue weighted by Gasteiger charge is 2.27.